The number of aliphatic hydroxyl groups excluding tert-OH is 1. The van der Waals surface area contributed by atoms with E-state index in [0.29, 0.717) is 23.8 Å². The average molecular weight is 405 g/mol. The Balaban J connectivity index is 1.38. The highest BCUT2D eigenvalue weighted by atomic mass is 32.1. The molecular weight excluding hydrogens is 382 g/mol. The third kappa shape index (κ3) is 3.85. The number of aliphatic hydroxyl groups is 1. The topological polar surface area (TPSA) is 98.1 Å². The first-order valence-electron chi connectivity index (χ1n) is 9.34. The molecule has 8 heteroatoms. The summed E-state index contributed by atoms with van der Waals surface area (Å²) >= 11 is 1.32. The number of hydrogen-bond donors (Lipinski definition) is 2. The van der Waals surface area contributed by atoms with Crippen LogP contribution in [-0.2, 0) is 4.74 Å². The van der Waals surface area contributed by atoms with Gasteiger partial charge in [0.25, 0.3) is 0 Å². The lowest BCUT2D eigenvalue weighted by Crippen LogP contribution is -2.33. The number of ether oxygens (including phenoxy) is 3. The van der Waals surface area contributed by atoms with Crippen molar-refractivity contribution in [1.29, 1.82) is 0 Å². The number of carboxylic acid groups (broad SMARTS) is 1. The van der Waals surface area contributed by atoms with E-state index in [1.165, 1.54) is 11.3 Å². The first-order valence-corrected chi connectivity index (χ1v) is 10.2. The van der Waals surface area contributed by atoms with Gasteiger partial charge in [-0.25, -0.2) is 9.78 Å². The van der Waals surface area contributed by atoms with Gasteiger partial charge in [0.1, 0.15) is 22.6 Å². The number of aromatic nitrogens is 1. The van der Waals surface area contributed by atoms with Crippen LogP contribution in [0.4, 0.5) is 0 Å². The molecule has 2 aliphatic rings. The summed E-state index contributed by atoms with van der Waals surface area (Å²) in [6, 6.07) is 7.43. The number of thiazole rings is 1. The third-order valence-corrected chi connectivity index (χ3v) is 6.53. The molecule has 5 atom stereocenters. The highest BCUT2D eigenvalue weighted by Crippen LogP contribution is 2.46. The lowest BCUT2D eigenvalue weighted by atomic mass is 9.87. The van der Waals surface area contributed by atoms with Crippen LogP contribution in [0.1, 0.15) is 40.9 Å². The summed E-state index contributed by atoms with van der Waals surface area (Å²) in [5.74, 6) is 0.643. The first kappa shape index (κ1) is 19.2. The molecule has 0 bridgehead atoms. The molecule has 1 aliphatic carbocycles. The van der Waals surface area contributed by atoms with Crippen molar-refractivity contribution in [2.24, 2.45) is 11.8 Å². The molecule has 7 nitrogen and oxygen atoms in total. The Labute approximate surface area is 166 Å². The number of nitrogens with zero attached hydrogens (tertiary/aromatic N) is 1. The van der Waals surface area contributed by atoms with E-state index in [1.54, 1.807) is 12.5 Å². The van der Waals surface area contributed by atoms with Gasteiger partial charge in [0.05, 0.1) is 25.9 Å². The Morgan fingerprint density at radius 1 is 1.36 bits per heavy atom. The van der Waals surface area contributed by atoms with Crippen molar-refractivity contribution in [2.45, 2.75) is 37.6 Å². The number of aromatic carboxylic acids is 1. The summed E-state index contributed by atoms with van der Waals surface area (Å²) in [5, 5.41) is 21.8. The number of rotatable bonds is 6. The Kier molecular flexibility index (Phi) is 5.52. The maximum Gasteiger partial charge on any atom is 0.355 e. The predicted molar refractivity (Wildman–Crippen MR) is 102 cm³/mol. The largest absolute Gasteiger partial charge is 0.497 e. The lowest BCUT2D eigenvalue weighted by Gasteiger charge is -2.33. The molecule has 1 aromatic carbocycles. The van der Waals surface area contributed by atoms with Crippen molar-refractivity contribution in [3.63, 3.8) is 0 Å². The van der Waals surface area contributed by atoms with E-state index in [9.17, 15) is 9.90 Å². The zero-order chi connectivity index (χ0) is 19.7. The molecule has 150 valence electrons. The zero-order valence-corrected chi connectivity index (χ0v) is 16.3. The third-order valence-electron chi connectivity index (χ3n) is 5.60. The van der Waals surface area contributed by atoms with Gasteiger partial charge in [0.2, 0.25) is 0 Å². The Hall–Kier alpha value is -2.16. The van der Waals surface area contributed by atoms with Crippen LogP contribution in [0, 0.1) is 11.8 Å². The average Bonchev–Trinajstić information content (AvgIpc) is 3.30. The van der Waals surface area contributed by atoms with Crippen molar-refractivity contribution >= 4 is 17.3 Å². The molecule has 0 radical (unpaired) electrons. The molecule has 28 heavy (non-hydrogen) atoms. The predicted octanol–water partition coefficient (Wildman–Crippen LogP) is 3.15. The lowest BCUT2D eigenvalue weighted by molar-refractivity contribution is -0.0811. The van der Waals surface area contributed by atoms with Gasteiger partial charge in [0, 0.05) is 23.8 Å². The van der Waals surface area contributed by atoms with Gasteiger partial charge in [0.15, 0.2) is 5.69 Å². The summed E-state index contributed by atoms with van der Waals surface area (Å²) in [7, 11) is 1.61. The van der Waals surface area contributed by atoms with Crippen LogP contribution in [0.5, 0.6) is 11.5 Å². The van der Waals surface area contributed by atoms with E-state index >= 15 is 0 Å². The molecule has 1 aliphatic heterocycles. The van der Waals surface area contributed by atoms with Gasteiger partial charge in [-0.2, -0.15) is 0 Å². The van der Waals surface area contributed by atoms with Gasteiger partial charge < -0.3 is 24.4 Å². The van der Waals surface area contributed by atoms with Crippen molar-refractivity contribution in [2.75, 3.05) is 13.7 Å². The van der Waals surface area contributed by atoms with Crippen molar-refractivity contribution in [3.8, 4) is 11.5 Å². The summed E-state index contributed by atoms with van der Waals surface area (Å²) < 4.78 is 17.3. The molecule has 0 amide bonds. The fourth-order valence-electron chi connectivity index (χ4n) is 4.16. The number of hydrogen-bond acceptors (Lipinski definition) is 7. The van der Waals surface area contributed by atoms with Crippen LogP contribution in [0.2, 0.25) is 0 Å². The maximum atomic E-state index is 11.0. The Bertz CT molecular complexity index is 840. The summed E-state index contributed by atoms with van der Waals surface area (Å²) in [6.45, 7) is 0.421. The summed E-state index contributed by atoms with van der Waals surface area (Å²) in [6.07, 6.45) is 1.46. The number of carbonyl (C=O) groups is 1. The standard InChI is InChI=1S/C20H23NO6S/c1-25-11-3-2-4-12(7-11)26-9-14-13-5-6-17(27-18(13)8-16(14)22)19-21-15(10-28-19)20(23)24/h2-4,7,10,13-14,16-18,22H,5-6,8-9H2,1H3,(H,23,24)/t13-,14-,16-,17-,18+/m1/s1. The smallest absolute Gasteiger partial charge is 0.355 e. The van der Waals surface area contributed by atoms with Crippen LogP contribution in [0.25, 0.3) is 0 Å². The molecule has 2 heterocycles. The normalized spacial score (nSPS) is 29.3. The molecule has 2 aromatic rings. The Morgan fingerprint density at radius 2 is 2.18 bits per heavy atom. The van der Waals surface area contributed by atoms with Crippen molar-refractivity contribution in [3.05, 3.63) is 40.3 Å². The van der Waals surface area contributed by atoms with E-state index in [1.807, 2.05) is 24.3 Å². The Morgan fingerprint density at radius 3 is 2.93 bits per heavy atom. The van der Waals surface area contributed by atoms with Crippen molar-refractivity contribution in [1.82, 2.24) is 4.98 Å². The fraction of sp³-hybridized carbons (Fsp3) is 0.500. The van der Waals surface area contributed by atoms with E-state index in [2.05, 4.69) is 4.98 Å². The van der Waals surface area contributed by atoms with Gasteiger partial charge >= 0.3 is 5.97 Å². The monoisotopic (exact) mass is 405 g/mol. The molecular formula is C20H23NO6S. The van der Waals surface area contributed by atoms with Gasteiger partial charge in [-0.15, -0.1) is 11.3 Å². The van der Waals surface area contributed by atoms with Gasteiger partial charge in [-0.1, -0.05) is 6.07 Å². The van der Waals surface area contributed by atoms with Gasteiger partial charge in [-0.3, -0.25) is 0 Å². The number of carboxylic acids is 1. The van der Waals surface area contributed by atoms with E-state index in [0.717, 1.165) is 18.6 Å². The van der Waals surface area contributed by atoms with E-state index in [4.69, 9.17) is 19.3 Å². The minimum absolute atomic E-state index is 0.00280. The van der Waals surface area contributed by atoms with E-state index < -0.39 is 12.1 Å². The maximum absolute atomic E-state index is 11.0. The second-order valence-corrected chi connectivity index (χ2v) is 8.13. The fourth-order valence-corrected chi connectivity index (χ4v) is 5.02. The molecule has 1 saturated carbocycles. The number of fused-ring (bicyclic) bond motifs is 1. The summed E-state index contributed by atoms with van der Waals surface area (Å²) in [4.78, 5) is 15.2. The van der Waals surface area contributed by atoms with Crippen LogP contribution in [0.15, 0.2) is 29.6 Å². The molecule has 1 aromatic heterocycles. The van der Waals surface area contributed by atoms with Crippen LogP contribution in [-0.4, -0.2) is 47.1 Å². The van der Waals surface area contributed by atoms with Crippen molar-refractivity contribution < 1.29 is 29.2 Å². The van der Waals surface area contributed by atoms with E-state index in [-0.39, 0.29) is 29.7 Å². The molecule has 0 unspecified atom stereocenters. The highest BCUT2D eigenvalue weighted by Gasteiger charge is 2.47. The number of methoxy groups -OCH3 is 1. The molecule has 0 spiro atoms. The van der Waals surface area contributed by atoms with Crippen LogP contribution >= 0.6 is 11.3 Å². The minimum atomic E-state index is -1.03. The SMILES string of the molecule is COc1cccc(OC[C@@H]2[C@H]3CC[C@H](c4nc(C(=O)O)cs4)O[C@H]3C[C@H]2O)c1. The highest BCUT2D eigenvalue weighted by molar-refractivity contribution is 7.09. The molecule has 2 N–H and O–H groups in total. The molecule has 1 saturated heterocycles. The number of benzene rings is 1. The minimum Gasteiger partial charge on any atom is -0.497 e. The molecule has 4 rings (SSSR count). The second kappa shape index (κ2) is 8.06. The van der Waals surface area contributed by atoms with Crippen LogP contribution in [0.3, 0.4) is 0 Å². The summed E-state index contributed by atoms with van der Waals surface area (Å²) in [5.41, 5.74) is 0.0572. The van der Waals surface area contributed by atoms with Crippen LogP contribution < -0.4 is 9.47 Å². The molecule has 2 fully saturated rings. The second-order valence-electron chi connectivity index (χ2n) is 7.24. The first-order chi connectivity index (χ1) is 13.5. The van der Waals surface area contributed by atoms with Gasteiger partial charge in [-0.05, 0) is 30.9 Å². The quantitative estimate of drug-likeness (QED) is 0.762. The zero-order valence-electron chi connectivity index (χ0n) is 15.5.